The van der Waals surface area contributed by atoms with E-state index in [2.05, 4.69) is 20.3 Å². The number of nitrogens with one attached hydrogen (secondary N) is 1. The van der Waals surface area contributed by atoms with Crippen LogP contribution >= 0.6 is 11.6 Å². The summed E-state index contributed by atoms with van der Waals surface area (Å²) in [6.07, 6.45) is 0.981. The molecule has 88 valence electrons. The second kappa shape index (κ2) is 4.80. The lowest BCUT2D eigenvalue weighted by molar-refractivity contribution is 0.193. The molecule has 0 bridgehead atoms. The van der Waals surface area contributed by atoms with Gasteiger partial charge in [-0.15, -0.1) is 0 Å². The average Bonchev–Trinajstić information content (AvgIpc) is 2.80. The van der Waals surface area contributed by atoms with Crippen molar-refractivity contribution in [3.8, 4) is 0 Å². The van der Waals surface area contributed by atoms with Crippen LogP contribution in [0.25, 0.3) is 0 Å². The Morgan fingerprint density at radius 2 is 2.25 bits per heavy atom. The Bertz CT molecular complexity index is 369. The normalized spacial score (nSPS) is 19.8. The average molecular weight is 244 g/mol. The first-order valence-electron chi connectivity index (χ1n) is 5.10. The SMILES string of the molecule is CNc1nc(Cl)nc(N(C)C2CCOC2)n1. The van der Waals surface area contributed by atoms with Crippen molar-refractivity contribution in [1.82, 2.24) is 15.0 Å². The molecule has 1 aliphatic heterocycles. The lowest BCUT2D eigenvalue weighted by atomic mass is 10.2. The smallest absolute Gasteiger partial charge is 0.231 e. The van der Waals surface area contributed by atoms with Crippen molar-refractivity contribution in [3.05, 3.63) is 5.28 Å². The molecule has 0 aliphatic carbocycles. The zero-order chi connectivity index (χ0) is 11.5. The van der Waals surface area contributed by atoms with E-state index in [1.54, 1.807) is 7.05 Å². The van der Waals surface area contributed by atoms with Crippen LogP contribution in [0.5, 0.6) is 0 Å². The number of aromatic nitrogens is 3. The molecular formula is C9H14ClN5O. The maximum absolute atomic E-state index is 5.82. The largest absolute Gasteiger partial charge is 0.379 e. The molecule has 1 atom stereocenters. The van der Waals surface area contributed by atoms with Crippen LogP contribution in [-0.2, 0) is 4.74 Å². The van der Waals surface area contributed by atoms with Crippen LogP contribution < -0.4 is 10.2 Å². The van der Waals surface area contributed by atoms with Gasteiger partial charge in [0.1, 0.15) is 0 Å². The third kappa shape index (κ3) is 2.33. The molecule has 2 heterocycles. The van der Waals surface area contributed by atoms with E-state index in [1.165, 1.54) is 0 Å². The Morgan fingerprint density at radius 3 is 2.88 bits per heavy atom. The van der Waals surface area contributed by atoms with Gasteiger partial charge in [0.2, 0.25) is 17.2 Å². The summed E-state index contributed by atoms with van der Waals surface area (Å²) in [5, 5.41) is 3.04. The summed E-state index contributed by atoms with van der Waals surface area (Å²) in [5.41, 5.74) is 0. The molecule has 1 aliphatic rings. The van der Waals surface area contributed by atoms with E-state index in [9.17, 15) is 0 Å². The van der Waals surface area contributed by atoms with Gasteiger partial charge in [-0.1, -0.05) is 0 Å². The van der Waals surface area contributed by atoms with E-state index in [-0.39, 0.29) is 5.28 Å². The maximum atomic E-state index is 5.82. The Balaban J connectivity index is 2.21. The zero-order valence-electron chi connectivity index (χ0n) is 9.27. The van der Waals surface area contributed by atoms with Crippen LogP contribution in [0.2, 0.25) is 5.28 Å². The molecule has 2 rings (SSSR count). The van der Waals surface area contributed by atoms with Crippen LogP contribution in [-0.4, -0.2) is 48.3 Å². The van der Waals surface area contributed by atoms with Gasteiger partial charge >= 0.3 is 0 Å². The molecule has 1 N–H and O–H groups in total. The maximum Gasteiger partial charge on any atom is 0.231 e. The molecule has 0 aromatic carbocycles. The van der Waals surface area contributed by atoms with Crippen LogP contribution in [0.1, 0.15) is 6.42 Å². The second-order valence-corrected chi connectivity index (χ2v) is 3.94. The second-order valence-electron chi connectivity index (χ2n) is 3.61. The van der Waals surface area contributed by atoms with E-state index in [4.69, 9.17) is 16.3 Å². The van der Waals surface area contributed by atoms with Gasteiger partial charge < -0.3 is 15.0 Å². The predicted molar refractivity (Wildman–Crippen MR) is 62.0 cm³/mol. The number of likely N-dealkylation sites (N-methyl/N-ethyl adjacent to an activating group) is 1. The minimum atomic E-state index is 0.195. The molecule has 1 unspecified atom stereocenters. The highest BCUT2D eigenvalue weighted by Crippen LogP contribution is 2.18. The molecule has 6 nitrogen and oxygen atoms in total. The van der Waals surface area contributed by atoms with Gasteiger partial charge in [0.15, 0.2) is 0 Å². The van der Waals surface area contributed by atoms with Crippen molar-refractivity contribution >= 4 is 23.5 Å². The van der Waals surface area contributed by atoms with Gasteiger partial charge in [-0.05, 0) is 18.0 Å². The van der Waals surface area contributed by atoms with Gasteiger partial charge in [-0.25, -0.2) is 0 Å². The summed E-state index contributed by atoms with van der Waals surface area (Å²) >= 11 is 5.82. The Morgan fingerprint density at radius 1 is 1.44 bits per heavy atom. The van der Waals surface area contributed by atoms with E-state index < -0.39 is 0 Å². The van der Waals surface area contributed by atoms with E-state index in [1.807, 2.05) is 11.9 Å². The van der Waals surface area contributed by atoms with Gasteiger partial charge in [0.05, 0.1) is 12.6 Å². The van der Waals surface area contributed by atoms with Crippen molar-refractivity contribution in [2.75, 3.05) is 37.5 Å². The fraction of sp³-hybridized carbons (Fsp3) is 0.667. The van der Waals surface area contributed by atoms with E-state index in [0.717, 1.165) is 13.0 Å². The first-order valence-corrected chi connectivity index (χ1v) is 5.48. The number of hydrogen-bond acceptors (Lipinski definition) is 6. The van der Waals surface area contributed by atoms with E-state index >= 15 is 0 Å². The summed E-state index contributed by atoms with van der Waals surface area (Å²) in [6.45, 7) is 1.49. The van der Waals surface area contributed by atoms with Crippen LogP contribution in [0, 0.1) is 0 Å². The number of hydrogen-bond donors (Lipinski definition) is 1. The first kappa shape index (κ1) is 11.3. The van der Waals surface area contributed by atoms with Crippen molar-refractivity contribution in [3.63, 3.8) is 0 Å². The summed E-state index contributed by atoms with van der Waals surface area (Å²) in [6, 6.07) is 0.308. The first-order chi connectivity index (χ1) is 7.70. The Labute approximate surface area is 99.0 Å². The molecule has 0 amide bonds. The van der Waals surface area contributed by atoms with Crippen LogP contribution in [0.4, 0.5) is 11.9 Å². The quantitative estimate of drug-likeness (QED) is 0.847. The van der Waals surface area contributed by atoms with Crippen molar-refractivity contribution in [1.29, 1.82) is 0 Å². The molecule has 1 fully saturated rings. The fourth-order valence-electron chi connectivity index (χ4n) is 1.60. The van der Waals surface area contributed by atoms with Gasteiger partial charge in [-0.2, -0.15) is 15.0 Å². The number of ether oxygens (including phenoxy) is 1. The molecule has 16 heavy (non-hydrogen) atoms. The molecular weight excluding hydrogens is 230 g/mol. The molecule has 7 heteroatoms. The minimum Gasteiger partial charge on any atom is -0.379 e. The van der Waals surface area contributed by atoms with E-state index in [0.29, 0.717) is 24.5 Å². The molecule has 1 saturated heterocycles. The topological polar surface area (TPSA) is 63.2 Å². The molecule has 0 radical (unpaired) electrons. The fourth-order valence-corrected chi connectivity index (χ4v) is 1.76. The number of halogens is 1. The number of rotatable bonds is 3. The van der Waals surface area contributed by atoms with Gasteiger partial charge in [-0.3, -0.25) is 0 Å². The third-order valence-electron chi connectivity index (χ3n) is 2.59. The van der Waals surface area contributed by atoms with Gasteiger partial charge in [0.25, 0.3) is 0 Å². The highest BCUT2D eigenvalue weighted by Gasteiger charge is 2.22. The monoisotopic (exact) mass is 243 g/mol. The minimum absolute atomic E-state index is 0.195. The molecule has 1 aromatic heterocycles. The Kier molecular flexibility index (Phi) is 3.40. The summed E-state index contributed by atoms with van der Waals surface area (Å²) in [7, 11) is 3.68. The van der Waals surface area contributed by atoms with Crippen molar-refractivity contribution < 1.29 is 4.74 Å². The lowest BCUT2D eigenvalue weighted by Crippen LogP contribution is -2.33. The Hall–Kier alpha value is -1.14. The zero-order valence-corrected chi connectivity index (χ0v) is 10.0. The standard InChI is InChI=1S/C9H14ClN5O/c1-11-8-12-7(10)13-9(14-8)15(2)6-3-4-16-5-6/h6H,3-5H2,1-2H3,(H,11,12,13,14). The summed E-state index contributed by atoms with van der Waals surface area (Å²) < 4.78 is 5.33. The molecule has 0 spiro atoms. The molecule has 1 aromatic rings. The van der Waals surface area contributed by atoms with Gasteiger partial charge in [0, 0.05) is 20.7 Å². The van der Waals surface area contributed by atoms with Crippen molar-refractivity contribution in [2.24, 2.45) is 0 Å². The number of anilines is 2. The lowest BCUT2D eigenvalue weighted by Gasteiger charge is -2.23. The highest BCUT2D eigenvalue weighted by molar-refractivity contribution is 6.28. The van der Waals surface area contributed by atoms with Crippen LogP contribution in [0.3, 0.4) is 0 Å². The van der Waals surface area contributed by atoms with Crippen LogP contribution in [0.15, 0.2) is 0 Å². The summed E-state index contributed by atoms with van der Waals surface area (Å²) in [5.74, 6) is 1.04. The number of nitrogens with zero attached hydrogens (tertiary/aromatic N) is 4. The highest BCUT2D eigenvalue weighted by atomic mass is 35.5. The third-order valence-corrected chi connectivity index (χ3v) is 2.76. The van der Waals surface area contributed by atoms with Crippen molar-refractivity contribution in [2.45, 2.75) is 12.5 Å². The summed E-state index contributed by atoms with van der Waals surface area (Å²) in [4.78, 5) is 14.3. The molecule has 0 saturated carbocycles. The predicted octanol–water partition coefficient (Wildman–Crippen LogP) is 0.792.